The van der Waals surface area contributed by atoms with Crippen molar-refractivity contribution in [2.75, 3.05) is 12.3 Å². The summed E-state index contributed by atoms with van der Waals surface area (Å²) in [4.78, 5) is 1.39. The highest BCUT2D eigenvalue weighted by atomic mass is 79.9. The zero-order valence-corrected chi connectivity index (χ0v) is 11.6. The van der Waals surface area contributed by atoms with Gasteiger partial charge in [-0.25, -0.2) is 0 Å². The molecule has 1 nitrogen and oxygen atoms in total. The first-order chi connectivity index (χ1) is 6.77. The number of nitrogens with two attached hydrogens (primary N) is 1. The minimum atomic E-state index is 0.484. The molecule has 0 aliphatic carbocycles. The quantitative estimate of drug-likeness (QED) is 0.801. The largest absolute Gasteiger partial charge is 0.329 e. The monoisotopic (exact) mass is 293 g/mol. The number of hydrogen-bond acceptors (Lipinski definition) is 3. The van der Waals surface area contributed by atoms with E-state index in [9.17, 15) is 0 Å². The van der Waals surface area contributed by atoms with E-state index < -0.39 is 0 Å². The summed E-state index contributed by atoms with van der Waals surface area (Å²) in [5.74, 6) is 1.22. The average Bonchev–Trinajstić information content (AvgIpc) is 2.60. The van der Waals surface area contributed by atoms with Gasteiger partial charge in [0.1, 0.15) is 0 Å². The number of rotatable bonds is 6. The number of unbranched alkanes of at least 4 members (excludes halogenated alkanes) is 1. The van der Waals surface area contributed by atoms with Crippen molar-refractivity contribution in [3.8, 4) is 0 Å². The van der Waals surface area contributed by atoms with Crippen LogP contribution in [-0.2, 0) is 0 Å². The van der Waals surface area contributed by atoms with E-state index in [1.807, 2.05) is 11.8 Å². The Morgan fingerprint density at radius 3 is 2.86 bits per heavy atom. The lowest BCUT2D eigenvalue weighted by Crippen LogP contribution is -2.08. The second-order valence-corrected chi connectivity index (χ2v) is 6.90. The lowest BCUT2D eigenvalue weighted by molar-refractivity contribution is 0.886. The second-order valence-electron chi connectivity index (χ2n) is 3.09. The molecular formula is C10H16BrNS2. The Kier molecular flexibility index (Phi) is 6.17. The van der Waals surface area contributed by atoms with Crippen molar-refractivity contribution in [1.82, 2.24) is 0 Å². The number of hydrogen-bond donors (Lipinski definition) is 1. The molecule has 0 fully saturated rings. The predicted octanol–water partition coefficient (Wildman–Crippen LogP) is 4.04. The minimum absolute atomic E-state index is 0.484. The van der Waals surface area contributed by atoms with E-state index in [0.29, 0.717) is 5.25 Å². The van der Waals surface area contributed by atoms with Crippen LogP contribution in [-0.4, -0.2) is 12.3 Å². The molecule has 1 atom stereocenters. The van der Waals surface area contributed by atoms with E-state index in [-0.39, 0.29) is 0 Å². The van der Waals surface area contributed by atoms with E-state index in [0.717, 1.165) is 6.54 Å². The van der Waals surface area contributed by atoms with Crippen molar-refractivity contribution in [1.29, 1.82) is 0 Å². The summed E-state index contributed by atoms with van der Waals surface area (Å²) in [7, 11) is 0. The van der Waals surface area contributed by atoms with Gasteiger partial charge in [0.05, 0.1) is 9.04 Å². The Bertz CT molecular complexity index is 262. The molecular weight excluding hydrogens is 278 g/mol. The predicted molar refractivity (Wildman–Crippen MR) is 71.2 cm³/mol. The van der Waals surface area contributed by atoms with Gasteiger partial charge in [-0.2, -0.15) is 11.8 Å². The van der Waals surface area contributed by atoms with Gasteiger partial charge in [-0.3, -0.25) is 0 Å². The van der Waals surface area contributed by atoms with Crippen molar-refractivity contribution in [2.45, 2.75) is 25.0 Å². The topological polar surface area (TPSA) is 26.0 Å². The first-order valence-electron chi connectivity index (χ1n) is 4.84. The first kappa shape index (κ1) is 12.6. The lowest BCUT2D eigenvalue weighted by Gasteiger charge is -2.11. The van der Waals surface area contributed by atoms with Gasteiger partial charge in [0, 0.05) is 11.4 Å². The Balaban J connectivity index is 2.45. The van der Waals surface area contributed by atoms with Crippen LogP contribution in [0.15, 0.2) is 15.9 Å². The summed E-state index contributed by atoms with van der Waals surface area (Å²) >= 11 is 7.25. The maximum Gasteiger partial charge on any atom is 0.0701 e. The van der Waals surface area contributed by atoms with Crippen LogP contribution in [0.5, 0.6) is 0 Å². The van der Waals surface area contributed by atoms with E-state index in [2.05, 4.69) is 35.0 Å². The molecule has 0 aliphatic heterocycles. The molecule has 1 unspecified atom stereocenters. The Hall–Kier alpha value is 0.490. The molecule has 1 aromatic rings. The molecule has 2 N–H and O–H groups in total. The maximum absolute atomic E-state index is 5.77. The van der Waals surface area contributed by atoms with Gasteiger partial charge in [0.15, 0.2) is 0 Å². The molecule has 0 aromatic carbocycles. The molecule has 0 radical (unpaired) electrons. The normalized spacial score (nSPS) is 13.1. The van der Waals surface area contributed by atoms with Gasteiger partial charge in [0.2, 0.25) is 0 Å². The molecule has 0 spiro atoms. The smallest absolute Gasteiger partial charge is 0.0701 e. The summed E-state index contributed by atoms with van der Waals surface area (Å²) in [6, 6.07) is 4.27. The fraction of sp³-hybridized carbons (Fsp3) is 0.600. The van der Waals surface area contributed by atoms with Gasteiger partial charge in [0.25, 0.3) is 0 Å². The summed E-state index contributed by atoms with van der Waals surface area (Å²) in [6.07, 6.45) is 2.55. The molecule has 4 heteroatoms. The van der Waals surface area contributed by atoms with Crippen molar-refractivity contribution in [3.05, 3.63) is 20.8 Å². The van der Waals surface area contributed by atoms with Crippen LogP contribution in [0.4, 0.5) is 0 Å². The fourth-order valence-electron chi connectivity index (χ4n) is 1.14. The zero-order valence-electron chi connectivity index (χ0n) is 8.33. The van der Waals surface area contributed by atoms with Crippen LogP contribution in [0.3, 0.4) is 0 Å². The van der Waals surface area contributed by atoms with Crippen LogP contribution in [0.2, 0.25) is 0 Å². The fourth-order valence-corrected chi connectivity index (χ4v) is 4.02. The van der Waals surface area contributed by atoms with Crippen LogP contribution < -0.4 is 5.73 Å². The van der Waals surface area contributed by atoms with Crippen LogP contribution in [0.25, 0.3) is 0 Å². The molecule has 1 aromatic heterocycles. The van der Waals surface area contributed by atoms with Gasteiger partial charge in [-0.1, -0.05) is 13.3 Å². The van der Waals surface area contributed by atoms with E-state index in [1.165, 1.54) is 27.3 Å². The average molecular weight is 294 g/mol. The van der Waals surface area contributed by atoms with Crippen molar-refractivity contribution < 1.29 is 0 Å². The molecule has 14 heavy (non-hydrogen) atoms. The van der Waals surface area contributed by atoms with Crippen molar-refractivity contribution in [3.63, 3.8) is 0 Å². The third kappa shape index (κ3) is 3.93. The van der Waals surface area contributed by atoms with Crippen LogP contribution in [0, 0.1) is 0 Å². The van der Waals surface area contributed by atoms with Crippen molar-refractivity contribution in [2.24, 2.45) is 5.73 Å². The third-order valence-electron chi connectivity index (χ3n) is 1.94. The summed E-state index contributed by atoms with van der Waals surface area (Å²) in [6.45, 7) is 2.96. The SMILES string of the molecule is CCCCSC(CN)c1ccc(Br)s1. The van der Waals surface area contributed by atoms with Gasteiger partial charge in [-0.05, 0) is 40.2 Å². The Morgan fingerprint density at radius 1 is 1.57 bits per heavy atom. The van der Waals surface area contributed by atoms with E-state index in [1.54, 1.807) is 11.3 Å². The molecule has 0 aliphatic rings. The van der Waals surface area contributed by atoms with Gasteiger partial charge >= 0.3 is 0 Å². The van der Waals surface area contributed by atoms with E-state index in [4.69, 9.17) is 5.73 Å². The molecule has 1 rings (SSSR count). The summed E-state index contributed by atoms with van der Waals surface area (Å²) < 4.78 is 1.20. The highest BCUT2D eigenvalue weighted by Crippen LogP contribution is 2.35. The molecule has 0 saturated carbocycles. The maximum atomic E-state index is 5.77. The number of thioether (sulfide) groups is 1. The lowest BCUT2D eigenvalue weighted by atomic mass is 10.3. The van der Waals surface area contributed by atoms with Crippen LogP contribution >= 0.6 is 39.0 Å². The number of halogens is 1. The van der Waals surface area contributed by atoms with E-state index >= 15 is 0 Å². The Morgan fingerprint density at radius 2 is 2.36 bits per heavy atom. The van der Waals surface area contributed by atoms with Crippen molar-refractivity contribution >= 4 is 39.0 Å². The standard InChI is InChI=1S/C10H16BrNS2/c1-2-3-6-13-9(7-12)8-4-5-10(11)14-8/h4-5,9H,2-3,6-7,12H2,1H3. The molecule has 0 amide bonds. The van der Waals surface area contributed by atoms with Gasteiger partial charge in [-0.15, -0.1) is 11.3 Å². The molecule has 0 bridgehead atoms. The van der Waals surface area contributed by atoms with Crippen LogP contribution in [0.1, 0.15) is 29.9 Å². The highest BCUT2D eigenvalue weighted by molar-refractivity contribution is 9.11. The minimum Gasteiger partial charge on any atom is -0.329 e. The first-order valence-corrected chi connectivity index (χ1v) is 7.50. The molecule has 80 valence electrons. The third-order valence-corrected chi connectivity index (χ3v) is 5.20. The summed E-state index contributed by atoms with van der Waals surface area (Å²) in [5.41, 5.74) is 5.77. The molecule has 1 heterocycles. The molecule has 0 saturated heterocycles. The summed E-state index contributed by atoms with van der Waals surface area (Å²) in [5, 5.41) is 0.484. The Labute approximate surface area is 103 Å². The van der Waals surface area contributed by atoms with Gasteiger partial charge < -0.3 is 5.73 Å². The zero-order chi connectivity index (χ0) is 10.4. The number of thiophene rings is 1. The second kappa shape index (κ2) is 6.88. The highest BCUT2D eigenvalue weighted by Gasteiger charge is 2.11.